The number of esters is 1. The quantitative estimate of drug-likeness (QED) is 0.149. The average molecular weight is 412 g/mol. The number of unbranched alkanes of at least 4 members (excludes halogenated alkanes) is 3. The van der Waals surface area contributed by atoms with Gasteiger partial charge in [-0.25, -0.2) is 9.78 Å². The summed E-state index contributed by atoms with van der Waals surface area (Å²) in [6.07, 6.45) is 8.51. The lowest BCUT2D eigenvalue weighted by atomic mass is 10.1. The molecule has 0 aliphatic rings. The molecule has 5 nitrogen and oxygen atoms in total. The standard InChI is InChI=1S/C22H34ClNO4/c1-5-9-13-17-19(26-14-10-6-2)18(22(25)28-16-12-8-4)21(24-20(17)23)27-15-11-7-3/h5H,1,6-16H2,2-4H3. The second kappa shape index (κ2) is 14.3. The van der Waals surface area contributed by atoms with Crippen LogP contribution in [0.4, 0.5) is 0 Å². The van der Waals surface area contributed by atoms with Crippen molar-refractivity contribution in [3.63, 3.8) is 0 Å². The molecule has 0 aliphatic heterocycles. The zero-order valence-corrected chi connectivity index (χ0v) is 18.3. The van der Waals surface area contributed by atoms with E-state index in [0.717, 1.165) is 38.5 Å². The van der Waals surface area contributed by atoms with Gasteiger partial charge in [-0.2, -0.15) is 0 Å². The Balaban J connectivity index is 3.35. The summed E-state index contributed by atoms with van der Waals surface area (Å²) in [6, 6.07) is 0. The van der Waals surface area contributed by atoms with Crippen LogP contribution in [-0.4, -0.2) is 30.8 Å². The molecule has 1 heterocycles. The van der Waals surface area contributed by atoms with E-state index in [2.05, 4.69) is 25.4 Å². The van der Waals surface area contributed by atoms with Crippen LogP contribution < -0.4 is 9.47 Å². The van der Waals surface area contributed by atoms with Crippen molar-refractivity contribution in [1.82, 2.24) is 4.98 Å². The third kappa shape index (κ3) is 7.70. The summed E-state index contributed by atoms with van der Waals surface area (Å²) >= 11 is 6.44. The number of hydrogen-bond acceptors (Lipinski definition) is 5. The van der Waals surface area contributed by atoms with E-state index in [1.807, 2.05) is 6.92 Å². The van der Waals surface area contributed by atoms with Crippen LogP contribution in [0.2, 0.25) is 5.15 Å². The molecule has 0 aliphatic carbocycles. The van der Waals surface area contributed by atoms with Crippen LogP contribution in [-0.2, 0) is 11.2 Å². The number of aromatic nitrogens is 1. The molecular weight excluding hydrogens is 378 g/mol. The normalized spacial score (nSPS) is 10.6. The van der Waals surface area contributed by atoms with E-state index >= 15 is 0 Å². The molecule has 0 atom stereocenters. The molecule has 0 saturated carbocycles. The molecule has 0 radical (unpaired) electrons. The molecule has 0 unspecified atom stereocenters. The summed E-state index contributed by atoms with van der Waals surface area (Å²) in [5, 5.41) is 0.296. The van der Waals surface area contributed by atoms with E-state index in [1.54, 1.807) is 6.08 Å². The van der Waals surface area contributed by atoms with Gasteiger partial charge >= 0.3 is 5.97 Å². The van der Waals surface area contributed by atoms with Gasteiger partial charge in [-0.3, -0.25) is 0 Å². The van der Waals surface area contributed by atoms with Crippen molar-refractivity contribution in [2.24, 2.45) is 0 Å². The van der Waals surface area contributed by atoms with Gasteiger partial charge in [0, 0.05) is 5.56 Å². The molecule has 28 heavy (non-hydrogen) atoms. The molecule has 0 saturated heterocycles. The fourth-order valence-electron chi connectivity index (χ4n) is 2.47. The fraction of sp³-hybridized carbons (Fsp3) is 0.636. The molecule has 1 aromatic rings. The minimum Gasteiger partial charge on any atom is -0.492 e. The Bertz CT molecular complexity index is 619. The molecule has 0 aromatic carbocycles. The van der Waals surface area contributed by atoms with Crippen molar-refractivity contribution < 1.29 is 19.0 Å². The number of carbonyl (C=O) groups is 1. The number of nitrogens with zero attached hydrogens (tertiary/aromatic N) is 1. The minimum absolute atomic E-state index is 0.189. The van der Waals surface area contributed by atoms with Crippen LogP contribution in [0, 0.1) is 0 Å². The van der Waals surface area contributed by atoms with Crippen LogP contribution in [0.3, 0.4) is 0 Å². The average Bonchev–Trinajstić information content (AvgIpc) is 2.68. The van der Waals surface area contributed by atoms with Crippen molar-refractivity contribution in [2.45, 2.75) is 72.1 Å². The third-order valence-electron chi connectivity index (χ3n) is 4.18. The minimum atomic E-state index is -0.476. The fourth-order valence-corrected chi connectivity index (χ4v) is 2.73. The molecule has 0 fully saturated rings. The number of halogens is 1. The van der Waals surface area contributed by atoms with Gasteiger partial charge in [0.2, 0.25) is 5.88 Å². The van der Waals surface area contributed by atoms with E-state index in [4.69, 9.17) is 25.8 Å². The number of rotatable bonds is 15. The predicted molar refractivity (Wildman–Crippen MR) is 114 cm³/mol. The molecule has 1 rings (SSSR count). The number of hydrogen-bond donors (Lipinski definition) is 0. The van der Waals surface area contributed by atoms with Crippen molar-refractivity contribution >= 4 is 17.6 Å². The second-order valence-corrected chi connectivity index (χ2v) is 6.97. The monoisotopic (exact) mass is 411 g/mol. The first kappa shape index (κ1) is 24.3. The number of allylic oxidation sites excluding steroid dienone is 1. The van der Waals surface area contributed by atoms with Gasteiger partial charge in [0.05, 0.1) is 19.8 Å². The van der Waals surface area contributed by atoms with Gasteiger partial charge < -0.3 is 14.2 Å². The van der Waals surface area contributed by atoms with E-state index in [-0.39, 0.29) is 11.4 Å². The number of carbonyl (C=O) groups excluding carboxylic acids is 1. The van der Waals surface area contributed by atoms with Crippen molar-refractivity contribution in [1.29, 1.82) is 0 Å². The maximum Gasteiger partial charge on any atom is 0.347 e. The molecule has 158 valence electrons. The molecule has 0 N–H and O–H groups in total. The highest BCUT2D eigenvalue weighted by Gasteiger charge is 2.27. The number of ether oxygens (including phenoxy) is 3. The smallest absolute Gasteiger partial charge is 0.347 e. The van der Waals surface area contributed by atoms with Gasteiger partial charge in [0.1, 0.15) is 10.9 Å². The summed E-state index contributed by atoms with van der Waals surface area (Å²) in [6.45, 7) is 11.3. The van der Waals surface area contributed by atoms with Crippen molar-refractivity contribution in [3.8, 4) is 11.6 Å². The van der Waals surface area contributed by atoms with Crippen LogP contribution in [0.25, 0.3) is 0 Å². The Morgan fingerprint density at radius 1 is 1.04 bits per heavy atom. The first-order valence-corrected chi connectivity index (χ1v) is 10.7. The molecule has 6 heteroatoms. The molecule has 0 spiro atoms. The Hall–Kier alpha value is -1.75. The first-order chi connectivity index (χ1) is 13.6. The van der Waals surface area contributed by atoms with E-state index in [9.17, 15) is 4.79 Å². The van der Waals surface area contributed by atoms with Crippen molar-refractivity contribution in [3.05, 3.63) is 28.9 Å². The van der Waals surface area contributed by atoms with Crippen LogP contribution >= 0.6 is 11.6 Å². The third-order valence-corrected chi connectivity index (χ3v) is 4.49. The maximum absolute atomic E-state index is 12.9. The molecule has 1 aromatic heterocycles. The maximum atomic E-state index is 12.9. The zero-order valence-electron chi connectivity index (χ0n) is 17.5. The lowest BCUT2D eigenvalue weighted by Gasteiger charge is -2.19. The summed E-state index contributed by atoms with van der Waals surface area (Å²) in [5.74, 6) is 0.146. The first-order valence-electron chi connectivity index (χ1n) is 10.4. The van der Waals surface area contributed by atoms with Crippen LogP contribution in [0.5, 0.6) is 11.6 Å². The van der Waals surface area contributed by atoms with Crippen molar-refractivity contribution in [2.75, 3.05) is 19.8 Å². The highest BCUT2D eigenvalue weighted by molar-refractivity contribution is 6.30. The summed E-state index contributed by atoms with van der Waals surface area (Å²) < 4.78 is 17.3. The Kier molecular flexibility index (Phi) is 12.4. The topological polar surface area (TPSA) is 57.7 Å². The SMILES string of the molecule is C=CCCc1c(Cl)nc(OCCCC)c(C(=O)OCCCC)c1OCCCC. The number of pyridine rings is 1. The van der Waals surface area contributed by atoms with E-state index in [0.29, 0.717) is 49.1 Å². The lowest BCUT2D eigenvalue weighted by molar-refractivity contribution is 0.0488. The predicted octanol–water partition coefficient (Wildman–Crippen LogP) is 6.17. The highest BCUT2D eigenvalue weighted by Crippen LogP contribution is 2.37. The lowest BCUT2D eigenvalue weighted by Crippen LogP contribution is -2.15. The zero-order chi connectivity index (χ0) is 20.8. The van der Waals surface area contributed by atoms with E-state index in [1.165, 1.54) is 0 Å². The Morgan fingerprint density at radius 2 is 1.64 bits per heavy atom. The van der Waals surface area contributed by atoms with Gasteiger partial charge in [-0.1, -0.05) is 57.7 Å². The largest absolute Gasteiger partial charge is 0.492 e. The molecule has 0 bridgehead atoms. The molecular formula is C22H34ClNO4. The summed E-state index contributed by atoms with van der Waals surface area (Å²) in [7, 11) is 0. The van der Waals surface area contributed by atoms with E-state index < -0.39 is 5.97 Å². The van der Waals surface area contributed by atoms with Gasteiger partial charge in [0.25, 0.3) is 0 Å². The highest BCUT2D eigenvalue weighted by atomic mass is 35.5. The second-order valence-electron chi connectivity index (χ2n) is 6.61. The van der Waals surface area contributed by atoms with Crippen LogP contribution in [0.15, 0.2) is 12.7 Å². The van der Waals surface area contributed by atoms with Gasteiger partial charge in [-0.05, 0) is 32.1 Å². The van der Waals surface area contributed by atoms with Gasteiger partial charge in [-0.15, -0.1) is 6.58 Å². The van der Waals surface area contributed by atoms with Crippen LogP contribution in [0.1, 0.15) is 81.6 Å². The summed E-state index contributed by atoms with van der Waals surface area (Å²) in [5.41, 5.74) is 0.940. The Morgan fingerprint density at radius 3 is 2.25 bits per heavy atom. The molecule has 0 amide bonds. The van der Waals surface area contributed by atoms with Gasteiger partial charge in [0.15, 0.2) is 5.56 Å². The Labute approximate surface area is 174 Å². The summed E-state index contributed by atoms with van der Waals surface area (Å²) in [4.78, 5) is 17.2.